The largest absolute Gasteiger partial charge is 0.490 e. The number of Topliss-reactive ketones (excluding diaryl/α,β-unsaturated/α-hetero) is 1. The lowest BCUT2D eigenvalue weighted by Crippen LogP contribution is -2.43. The number of ketones is 1. The highest BCUT2D eigenvalue weighted by atomic mass is 16.5. The third-order valence-electron chi connectivity index (χ3n) is 6.81. The molecule has 11 nitrogen and oxygen atoms in total. The molecule has 1 fully saturated rings. The van der Waals surface area contributed by atoms with Crippen LogP contribution in [-0.4, -0.2) is 86.3 Å². The first-order valence-electron chi connectivity index (χ1n) is 13.6. The van der Waals surface area contributed by atoms with Crippen molar-refractivity contribution in [3.05, 3.63) is 76.6 Å². The number of benzene rings is 2. The number of ether oxygens (including phenoxy) is 5. The van der Waals surface area contributed by atoms with Gasteiger partial charge in [-0.2, -0.15) is 0 Å². The van der Waals surface area contributed by atoms with Gasteiger partial charge in [0.25, 0.3) is 5.91 Å². The first kappa shape index (κ1) is 30.3. The average molecular weight is 579 g/mol. The van der Waals surface area contributed by atoms with Crippen LogP contribution in [0.25, 0.3) is 5.69 Å². The van der Waals surface area contributed by atoms with Crippen molar-refractivity contribution < 1.29 is 42.9 Å². The number of carbonyl (C=O) groups is 4. The van der Waals surface area contributed by atoms with E-state index in [1.165, 1.54) is 25.3 Å². The Labute approximate surface area is 243 Å². The summed E-state index contributed by atoms with van der Waals surface area (Å²) >= 11 is 0. The summed E-state index contributed by atoms with van der Waals surface area (Å²) in [4.78, 5) is 51.7. The highest BCUT2D eigenvalue weighted by Crippen LogP contribution is 2.29. The molecule has 0 bridgehead atoms. The van der Waals surface area contributed by atoms with Crippen molar-refractivity contribution in [3.8, 4) is 17.2 Å². The zero-order chi connectivity index (χ0) is 30.2. The van der Waals surface area contributed by atoms with Gasteiger partial charge in [0, 0.05) is 35.7 Å². The van der Waals surface area contributed by atoms with Crippen molar-refractivity contribution in [2.75, 3.05) is 53.2 Å². The van der Waals surface area contributed by atoms with Crippen LogP contribution in [0, 0.1) is 13.8 Å². The molecule has 1 aromatic heterocycles. The summed E-state index contributed by atoms with van der Waals surface area (Å²) in [5.41, 5.74) is 3.25. The zero-order valence-corrected chi connectivity index (χ0v) is 24.1. The molecule has 2 heterocycles. The van der Waals surface area contributed by atoms with Crippen molar-refractivity contribution in [2.24, 2.45) is 0 Å². The van der Waals surface area contributed by atoms with Gasteiger partial charge in [-0.05, 0) is 69.3 Å². The van der Waals surface area contributed by atoms with Gasteiger partial charge < -0.3 is 33.2 Å². The normalized spacial score (nSPS) is 12.9. The Bertz CT molecular complexity index is 1450. The van der Waals surface area contributed by atoms with Crippen LogP contribution in [0.2, 0.25) is 0 Å². The fourth-order valence-electron chi connectivity index (χ4n) is 4.67. The van der Waals surface area contributed by atoms with Crippen molar-refractivity contribution in [3.63, 3.8) is 0 Å². The molecule has 222 valence electrons. The third kappa shape index (κ3) is 6.98. The van der Waals surface area contributed by atoms with Gasteiger partial charge in [-0.3, -0.25) is 9.59 Å². The summed E-state index contributed by atoms with van der Waals surface area (Å²) in [5, 5.41) is 0. The SMILES string of the molecule is CCOc1cc(C(=O)OCC(=O)c2cc(C)n(-c3ccc(C(=O)OC)cc3)c2C)ccc1OCC(=O)N1CCOCC1. The third-order valence-corrected chi connectivity index (χ3v) is 6.81. The number of nitrogens with zero attached hydrogens (tertiary/aromatic N) is 2. The first-order valence-corrected chi connectivity index (χ1v) is 13.6. The monoisotopic (exact) mass is 578 g/mol. The van der Waals surface area contributed by atoms with E-state index in [0.717, 1.165) is 11.4 Å². The molecule has 0 spiro atoms. The highest BCUT2D eigenvalue weighted by Gasteiger charge is 2.21. The minimum Gasteiger partial charge on any atom is -0.490 e. The number of amides is 1. The van der Waals surface area contributed by atoms with E-state index in [4.69, 9.17) is 23.7 Å². The molecule has 1 saturated heterocycles. The molecule has 0 radical (unpaired) electrons. The predicted octanol–water partition coefficient (Wildman–Crippen LogP) is 3.56. The van der Waals surface area contributed by atoms with Crippen LogP contribution in [0.5, 0.6) is 11.5 Å². The Balaban J connectivity index is 1.40. The first-order chi connectivity index (χ1) is 20.2. The van der Waals surface area contributed by atoms with Crippen LogP contribution in [-0.2, 0) is 19.0 Å². The molecule has 3 aromatic rings. The topological polar surface area (TPSA) is 123 Å². The maximum Gasteiger partial charge on any atom is 0.338 e. The fourth-order valence-corrected chi connectivity index (χ4v) is 4.67. The Morgan fingerprint density at radius 3 is 2.19 bits per heavy atom. The molecule has 0 saturated carbocycles. The Hall–Kier alpha value is -4.64. The molecule has 0 N–H and O–H groups in total. The molecule has 0 unspecified atom stereocenters. The number of hydrogen-bond acceptors (Lipinski definition) is 9. The zero-order valence-electron chi connectivity index (χ0n) is 24.1. The lowest BCUT2D eigenvalue weighted by atomic mass is 10.1. The second-order valence-corrected chi connectivity index (χ2v) is 9.53. The molecular weight excluding hydrogens is 544 g/mol. The summed E-state index contributed by atoms with van der Waals surface area (Å²) in [5.74, 6) is -1.06. The minimum atomic E-state index is -0.701. The number of hydrogen-bond donors (Lipinski definition) is 0. The highest BCUT2D eigenvalue weighted by molar-refractivity contribution is 6.00. The summed E-state index contributed by atoms with van der Waals surface area (Å²) < 4.78 is 28.6. The van der Waals surface area contributed by atoms with Crippen molar-refractivity contribution >= 4 is 23.6 Å². The van der Waals surface area contributed by atoms with Crippen molar-refractivity contribution in [1.82, 2.24) is 9.47 Å². The van der Waals surface area contributed by atoms with E-state index in [1.807, 2.05) is 11.5 Å². The van der Waals surface area contributed by atoms with Crippen LogP contribution in [0.4, 0.5) is 0 Å². The molecular formula is C31H34N2O9. The van der Waals surface area contributed by atoms with Crippen LogP contribution < -0.4 is 9.47 Å². The van der Waals surface area contributed by atoms with Crippen molar-refractivity contribution in [1.29, 1.82) is 0 Å². The number of methoxy groups -OCH3 is 1. The Morgan fingerprint density at radius 1 is 0.833 bits per heavy atom. The number of aryl methyl sites for hydroxylation is 1. The molecule has 11 heteroatoms. The quantitative estimate of drug-likeness (QED) is 0.248. The van der Waals surface area contributed by atoms with Gasteiger partial charge in [-0.15, -0.1) is 0 Å². The Kier molecular flexibility index (Phi) is 9.98. The van der Waals surface area contributed by atoms with Crippen LogP contribution >= 0.6 is 0 Å². The fraction of sp³-hybridized carbons (Fsp3) is 0.355. The lowest BCUT2D eigenvalue weighted by molar-refractivity contribution is -0.137. The lowest BCUT2D eigenvalue weighted by Gasteiger charge is -2.26. The molecule has 0 aliphatic carbocycles. The van der Waals surface area contributed by atoms with E-state index in [-0.39, 0.29) is 29.6 Å². The summed E-state index contributed by atoms with van der Waals surface area (Å²) in [6, 6.07) is 13.1. The molecule has 4 rings (SSSR count). The number of morpholine rings is 1. The van der Waals surface area contributed by atoms with Crippen LogP contribution in [0.3, 0.4) is 0 Å². The molecule has 1 aliphatic heterocycles. The molecule has 0 atom stereocenters. The molecule has 2 aromatic carbocycles. The molecule has 42 heavy (non-hydrogen) atoms. The Morgan fingerprint density at radius 2 is 1.52 bits per heavy atom. The summed E-state index contributed by atoms with van der Waals surface area (Å²) in [6.45, 7) is 7.13. The van der Waals surface area contributed by atoms with E-state index >= 15 is 0 Å². The summed E-state index contributed by atoms with van der Waals surface area (Å²) in [6.07, 6.45) is 0. The maximum atomic E-state index is 13.0. The smallest absolute Gasteiger partial charge is 0.338 e. The van der Waals surface area contributed by atoms with Gasteiger partial charge >= 0.3 is 11.9 Å². The van der Waals surface area contributed by atoms with Gasteiger partial charge in [-0.25, -0.2) is 9.59 Å². The van der Waals surface area contributed by atoms with Crippen molar-refractivity contribution in [2.45, 2.75) is 20.8 Å². The molecule has 1 aliphatic rings. The van der Waals surface area contributed by atoms with E-state index in [2.05, 4.69) is 0 Å². The van der Waals surface area contributed by atoms with Crippen LogP contribution in [0.15, 0.2) is 48.5 Å². The van der Waals surface area contributed by atoms with Gasteiger partial charge in [0.05, 0.1) is 38.1 Å². The van der Waals surface area contributed by atoms with Gasteiger partial charge in [0.1, 0.15) is 0 Å². The second-order valence-electron chi connectivity index (χ2n) is 9.53. The number of carbonyl (C=O) groups excluding carboxylic acids is 4. The maximum absolute atomic E-state index is 13.0. The van der Waals surface area contributed by atoms with Gasteiger partial charge in [0.15, 0.2) is 24.7 Å². The number of rotatable bonds is 11. The number of aromatic nitrogens is 1. The summed E-state index contributed by atoms with van der Waals surface area (Å²) in [7, 11) is 1.32. The average Bonchev–Trinajstić information content (AvgIpc) is 3.32. The van der Waals surface area contributed by atoms with Crippen LogP contribution in [0.1, 0.15) is 49.4 Å². The van der Waals surface area contributed by atoms with Gasteiger partial charge in [-0.1, -0.05) is 0 Å². The standard InChI is InChI=1S/C31H34N2O9/c1-5-40-28-17-23(8-11-27(28)41-19-29(35)32-12-14-39-15-13-32)31(37)42-18-26(34)25-16-20(2)33(21(25)3)24-9-6-22(7-10-24)30(36)38-4/h6-11,16-17H,5,12-15,18-19H2,1-4H3. The van der Waals surface area contributed by atoms with E-state index in [9.17, 15) is 19.2 Å². The molecule has 1 amide bonds. The minimum absolute atomic E-state index is 0.166. The second kappa shape index (κ2) is 13.8. The van der Waals surface area contributed by atoms with E-state index in [0.29, 0.717) is 55.5 Å². The van der Waals surface area contributed by atoms with Gasteiger partial charge in [0.2, 0.25) is 5.78 Å². The predicted molar refractivity (Wildman–Crippen MR) is 152 cm³/mol. The van der Waals surface area contributed by atoms with E-state index < -0.39 is 18.5 Å². The number of esters is 2. The van der Waals surface area contributed by atoms with E-state index in [1.54, 1.807) is 49.1 Å².